The van der Waals surface area contributed by atoms with Gasteiger partial charge in [-0.3, -0.25) is 9.59 Å². The Morgan fingerprint density at radius 3 is 2.52 bits per heavy atom. The number of phenols is 1. The molecule has 1 unspecified atom stereocenters. The lowest BCUT2D eigenvalue weighted by Crippen LogP contribution is -2.37. The van der Waals surface area contributed by atoms with E-state index in [0.717, 1.165) is 0 Å². The fourth-order valence-electron chi connectivity index (χ4n) is 2.59. The highest BCUT2D eigenvalue weighted by Gasteiger charge is 2.46. The first kappa shape index (κ1) is 14.5. The molecule has 0 aliphatic heterocycles. The van der Waals surface area contributed by atoms with Crippen LogP contribution >= 0.6 is 31.9 Å². The van der Waals surface area contributed by atoms with Crippen LogP contribution in [0.3, 0.4) is 0 Å². The lowest BCUT2D eigenvalue weighted by molar-refractivity contribution is -0.118. The van der Waals surface area contributed by atoms with Crippen LogP contribution in [0.15, 0.2) is 35.4 Å². The summed E-state index contributed by atoms with van der Waals surface area (Å²) in [7, 11) is 0. The molecule has 0 amide bonds. The molecule has 0 fully saturated rings. The fourth-order valence-corrected chi connectivity index (χ4v) is 3.46. The molecule has 4 nitrogen and oxygen atoms in total. The van der Waals surface area contributed by atoms with Crippen molar-refractivity contribution >= 4 is 49.2 Å². The highest BCUT2D eigenvalue weighted by Crippen LogP contribution is 2.48. The summed E-state index contributed by atoms with van der Waals surface area (Å²) in [5, 5.41) is 20.3. The van der Waals surface area contributed by atoms with Crippen molar-refractivity contribution in [1.29, 1.82) is 0 Å². The summed E-state index contributed by atoms with van der Waals surface area (Å²) in [4.78, 5) is 25.1. The zero-order valence-corrected chi connectivity index (χ0v) is 14.0. The van der Waals surface area contributed by atoms with E-state index in [1.165, 1.54) is 18.2 Å². The number of allylic oxidation sites excluding steroid dienone is 3. The minimum Gasteiger partial charge on any atom is -0.507 e. The van der Waals surface area contributed by atoms with Gasteiger partial charge >= 0.3 is 0 Å². The Balaban J connectivity index is 2.39. The average Bonchev–Trinajstić information content (AvgIpc) is 2.41. The Hall–Kier alpha value is -1.40. The van der Waals surface area contributed by atoms with Crippen LogP contribution in [0.25, 0.3) is 5.76 Å². The number of benzene rings is 1. The third-order valence-corrected chi connectivity index (χ3v) is 5.66. The molecule has 0 spiro atoms. The van der Waals surface area contributed by atoms with E-state index in [2.05, 4.69) is 31.9 Å². The monoisotopic (exact) mass is 412 g/mol. The Morgan fingerprint density at radius 2 is 1.86 bits per heavy atom. The Labute approximate surface area is 137 Å². The molecule has 1 aromatic carbocycles. The van der Waals surface area contributed by atoms with Crippen LogP contribution in [-0.2, 0) is 4.79 Å². The number of Topliss-reactive ketones (excluding diaryl/α,β-unsaturated/α-hetero) is 2. The normalized spacial score (nSPS) is 23.6. The van der Waals surface area contributed by atoms with Gasteiger partial charge in [-0.2, -0.15) is 0 Å². The summed E-state index contributed by atoms with van der Waals surface area (Å²) in [5.41, 5.74) is 0.311. The summed E-state index contributed by atoms with van der Waals surface area (Å²) in [6.07, 6.45) is 1.58. The molecule has 2 N–H and O–H groups in total. The SMILES string of the molecule is CC1C(=O)C2=C(O)c3c(O)cccc3C(=O)C2=CC1(Br)Br. The van der Waals surface area contributed by atoms with Gasteiger partial charge in [0.15, 0.2) is 11.6 Å². The van der Waals surface area contributed by atoms with Crippen LogP contribution in [-0.4, -0.2) is 25.0 Å². The second-order valence-electron chi connectivity index (χ2n) is 5.07. The van der Waals surface area contributed by atoms with Gasteiger partial charge in [0.25, 0.3) is 0 Å². The summed E-state index contributed by atoms with van der Waals surface area (Å²) in [6, 6.07) is 4.40. The van der Waals surface area contributed by atoms with Gasteiger partial charge in [-0.1, -0.05) is 50.9 Å². The molecule has 0 bridgehead atoms. The van der Waals surface area contributed by atoms with Crippen LogP contribution in [0.4, 0.5) is 0 Å². The molecule has 2 aliphatic rings. The van der Waals surface area contributed by atoms with Gasteiger partial charge in [-0.05, 0) is 12.1 Å². The smallest absolute Gasteiger partial charge is 0.194 e. The molecule has 1 aromatic rings. The van der Waals surface area contributed by atoms with E-state index < -0.39 is 14.9 Å². The number of carbonyl (C=O) groups is 2. The topological polar surface area (TPSA) is 74.6 Å². The Kier molecular flexibility index (Phi) is 3.15. The van der Waals surface area contributed by atoms with E-state index in [1.807, 2.05) is 0 Å². The number of halogens is 2. The quantitative estimate of drug-likeness (QED) is 0.638. The predicted octanol–water partition coefficient (Wildman–Crippen LogP) is 3.49. The first-order chi connectivity index (χ1) is 9.75. The number of hydrogen-bond donors (Lipinski definition) is 2. The number of phenolic OH excluding ortho intramolecular Hbond substituents is 1. The zero-order valence-electron chi connectivity index (χ0n) is 10.9. The standard InChI is InChI=1S/C15H10Br2O4/c1-6-12(19)11-8(5-15(6,16)17)13(20)7-3-2-4-9(18)10(7)14(11)21/h2-6,18,21H,1H3. The Morgan fingerprint density at radius 1 is 1.19 bits per heavy atom. The van der Waals surface area contributed by atoms with Gasteiger partial charge in [0.05, 0.1) is 11.1 Å². The number of fused-ring (bicyclic) bond motifs is 2. The zero-order chi connectivity index (χ0) is 15.5. The summed E-state index contributed by atoms with van der Waals surface area (Å²) >= 11 is 6.75. The van der Waals surface area contributed by atoms with Crippen molar-refractivity contribution in [3.05, 3.63) is 46.5 Å². The molecule has 0 heterocycles. The lowest BCUT2D eigenvalue weighted by atomic mass is 9.76. The molecular weight excluding hydrogens is 404 g/mol. The number of ketones is 2. The molecular formula is C15H10Br2O4. The van der Waals surface area contributed by atoms with Gasteiger partial charge in [-0.15, -0.1) is 0 Å². The third-order valence-electron chi connectivity index (χ3n) is 3.83. The number of carbonyl (C=O) groups excluding carboxylic acids is 2. The number of aliphatic hydroxyl groups is 1. The maximum Gasteiger partial charge on any atom is 0.194 e. The molecule has 6 heteroatoms. The van der Waals surface area contributed by atoms with E-state index in [4.69, 9.17) is 0 Å². The van der Waals surface area contributed by atoms with Crippen molar-refractivity contribution in [2.24, 2.45) is 5.92 Å². The average molecular weight is 414 g/mol. The maximum absolute atomic E-state index is 12.6. The highest BCUT2D eigenvalue weighted by atomic mass is 79.9. The second kappa shape index (κ2) is 4.55. The van der Waals surface area contributed by atoms with Crippen LogP contribution in [0, 0.1) is 5.92 Å². The molecule has 21 heavy (non-hydrogen) atoms. The van der Waals surface area contributed by atoms with Gasteiger partial charge < -0.3 is 10.2 Å². The molecule has 0 saturated heterocycles. The number of alkyl halides is 2. The molecule has 108 valence electrons. The van der Waals surface area contributed by atoms with Gasteiger partial charge in [0.1, 0.15) is 14.7 Å². The van der Waals surface area contributed by atoms with Gasteiger partial charge in [0.2, 0.25) is 0 Å². The predicted molar refractivity (Wildman–Crippen MR) is 84.8 cm³/mol. The van der Waals surface area contributed by atoms with Crippen molar-refractivity contribution in [1.82, 2.24) is 0 Å². The van der Waals surface area contributed by atoms with Crippen molar-refractivity contribution in [2.75, 3.05) is 0 Å². The Bertz CT molecular complexity index is 759. The van der Waals surface area contributed by atoms with Crippen LogP contribution < -0.4 is 0 Å². The number of aliphatic hydroxyl groups excluding tert-OH is 1. The first-order valence-corrected chi connectivity index (χ1v) is 7.80. The molecule has 0 radical (unpaired) electrons. The largest absolute Gasteiger partial charge is 0.507 e. The van der Waals surface area contributed by atoms with E-state index >= 15 is 0 Å². The van der Waals surface area contributed by atoms with Crippen LogP contribution in [0.2, 0.25) is 0 Å². The van der Waals surface area contributed by atoms with Crippen molar-refractivity contribution in [3.8, 4) is 5.75 Å². The fraction of sp³-hybridized carbons (Fsp3) is 0.200. The molecule has 1 atom stereocenters. The molecule has 2 aliphatic carbocycles. The van der Waals surface area contributed by atoms with E-state index in [1.54, 1.807) is 13.0 Å². The lowest BCUT2D eigenvalue weighted by Gasteiger charge is -2.33. The highest BCUT2D eigenvalue weighted by molar-refractivity contribution is 9.25. The minimum absolute atomic E-state index is 0.0202. The van der Waals surface area contributed by atoms with Crippen molar-refractivity contribution in [3.63, 3.8) is 0 Å². The number of rotatable bonds is 0. The van der Waals surface area contributed by atoms with E-state index in [9.17, 15) is 19.8 Å². The number of aromatic hydroxyl groups is 1. The van der Waals surface area contributed by atoms with Crippen molar-refractivity contribution < 1.29 is 19.8 Å². The molecule has 3 rings (SSSR count). The van der Waals surface area contributed by atoms with Crippen LogP contribution in [0.5, 0.6) is 5.75 Å². The summed E-state index contributed by atoms with van der Waals surface area (Å²) in [5.74, 6) is -1.84. The summed E-state index contributed by atoms with van der Waals surface area (Å²) < 4.78 is -0.833. The van der Waals surface area contributed by atoms with E-state index in [0.29, 0.717) is 0 Å². The van der Waals surface area contributed by atoms with Gasteiger partial charge in [0, 0.05) is 17.1 Å². The van der Waals surface area contributed by atoms with Gasteiger partial charge in [-0.25, -0.2) is 0 Å². The maximum atomic E-state index is 12.6. The minimum atomic E-state index is -0.833. The van der Waals surface area contributed by atoms with Crippen LogP contribution in [0.1, 0.15) is 22.8 Å². The molecule has 0 saturated carbocycles. The second-order valence-corrected chi connectivity index (χ2v) is 8.76. The first-order valence-electron chi connectivity index (χ1n) is 6.21. The summed E-state index contributed by atoms with van der Waals surface area (Å²) in [6.45, 7) is 1.68. The molecule has 0 aromatic heterocycles. The number of hydrogen-bond acceptors (Lipinski definition) is 4. The van der Waals surface area contributed by atoms with E-state index in [-0.39, 0.29) is 39.6 Å². The third kappa shape index (κ3) is 1.92. The van der Waals surface area contributed by atoms with Crippen molar-refractivity contribution in [2.45, 2.75) is 10.2 Å².